The summed E-state index contributed by atoms with van der Waals surface area (Å²) in [5.41, 5.74) is 7.09. The Morgan fingerprint density at radius 2 is 2.11 bits per heavy atom. The predicted octanol–water partition coefficient (Wildman–Crippen LogP) is 1.75. The van der Waals surface area contributed by atoms with Crippen LogP contribution in [-0.2, 0) is 4.79 Å². The first-order valence-electron chi connectivity index (χ1n) is 6.48. The monoisotopic (exact) mass is 248 g/mol. The smallest absolute Gasteiger partial charge is 0.220 e. The number of nitrogens with two attached hydrogens (primary N) is 1. The molecule has 0 saturated carbocycles. The zero-order valence-electron chi connectivity index (χ0n) is 10.7. The van der Waals surface area contributed by atoms with Gasteiger partial charge in [-0.2, -0.15) is 0 Å². The van der Waals surface area contributed by atoms with E-state index in [2.05, 4.69) is 12.2 Å². The number of rotatable bonds is 4. The van der Waals surface area contributed by atoms with Crippen molar-refractivity contribution in [2.45, 2.75) is 38.3 Å². The van der Waals surface area contributed by atoms with E-state index in [4.69, 9.17) is 10.5 Å². The number of hydrogen-bond donors (Lipinski definition) is 2. The highest BCUT2D eigenvalue weighted by Crippen LogP contribution is 2.24. The molecule has 18 heavy (non-hydrogen) atoms. The third-order valence-electron chi connectivity index (χ3n) is 3.16. The van der Waals surface area contributed by atoms with Crippen molar-refractivity contribution in [1.82, 2.24) is 5.32 Å². The second-order valence-corrected chi connectivity index (χ2v) is 4.67. The molecule has 0 radical (unpaired) electrons. The molecular weight excluding hydrogens is 228 g/mol. The van der Waals surface area contributed by atoms with E-state index in [1.165, 1.54) is 0 Å². The summed E-state index contributed by atoms with van der Waals surface area (Å²) < 4.78 is 5.53. The Kier molecular flexibility index (Phi) is 4.20. The van der Waals surface area contributed by atoms with E-state index in [1.54, 1.807) is 0 Å². The molecular formula is C14H20N2O2. The minimum atomic E-state index is -0.0773. The van der Waals surface area contributed by atoms with Crippen LogP contribution in [0.25, 0.3) is 0 Å². The second-order valence-electron chi connectivity index (χ2n) is 4.67. The highest BCUT2D eigenvalue weighted by atomic mass is 16.5. The van der Waals surface area contributed by atoms with Crippen molar-refractivity contribution in [1.29, 1.82) is 0 Å². The number of piperidine rings is 1. The van der Waals surface area contributed by atoms with Crippen LogP contribution in [0.3, 0.4) is 0 Å². The van der Waals surface area contributed by atoms with E-state index < -0.39 is 0 Å². The fourth-order valence-electron chi connectivity index (χ4n) is 2.14. The first-order valence-corrected chi connectivity index (χ1v) is 6.48. The van der Waals surface area contributed by atoms with Crippen LogP contribution < -0.4 is 15.8 Å². The molecule has 2 rings (SSSR count). The largest absolute Gasteiger partial charge is 0.494 e. The van der Waals surface area contributed by atoms with Crippen molar-refractivity contribution in [2.24, 2.45) is 5.73 Å². The average molecular weight is 248 g/mol. The van der Waals surface area contributed by atoms with E-state index >= 15 is 0 Å². The molecule has 1 aromatic rings. The zero-order chi connectivity index (χ0) is 13.0. The lowest BCUT2D eigenvalue weighted by molar-refractivity contribution is -0.123. The molecule has 1 amide bonds. The maximum Gasteiger partial charge on any atom is 0.220 e. The molecule has 2 unspecified atom stereocenters. The molecule has 98 valence electrons. The van der Waals surface area contributed by atoms with Gasteiger partial charge in [-0.05, 0) is 30.5 Å². The number of nitrogens with one attached hydrogen (secondary N) is 1. The van der Waals surface area contributed by atoms with Crippen LogP contribution in [-0.4, -0.2) is 18.6 Å². The Balaban J connectivity index is 2.05. The summed E-state index contributed by atoms with van der Waals surface area (Å²) in [7, 11) is 0. The van der Waals surface area contributed by atoms with Crippen molar-refractivity contribution in [3.63, 3.8) is 0 Å². The Morgan fingerprint density at radius 3 is 2.78 bits per heavy atom. The number of hydrogen-bond acceptors (Lipinski definition) is 3. The van der Waals surface area contributed by atoms with Gasteiger partial charge in [0, 0.05) is 12.5 Å². The van der Waals surface area contributed by atoms with Gasteiger partial charge in [-0.15, -0.1) is 0 Å². The minimum Gasteiger partial charge on any atom is -0.494 e. The highest BCUT2D eigenvalue weighted by molar-refractivity contribution is 5.77. The molecule has 1 saturated heterocycles. The molecule has 1 heterocycles. The van der Waals surface area contributed by atoms with Crippen LogP contribution in [0.1, 0.15) is 37.8 Å². The minimum absolute atomic E-state index is 0.00916. The second kappa shape index (κ2) is 5.87. The molecule has 3 N–H and O–H groups in total. The molecule has 1 fully saturated rings. The molecule has 1 aromatic carbocycles. The van der Waals surface area contributed by atoms with Crippen molar-refractivity contribution in [2.75, 3.05) is 6.61 Å². The fourth-order valence-corrected chi connectivity index (χ4v) is 2.14. The Morgan fingerprint density at radius 1 is 1.39 bits per heavy atom. The van der Waals surface area contributed by atoms with Gasteiger partial charge < -0.3 is 15.8 Å². The summed E-state index contributed by atoms with van der Waals surface area (Å²) in [5.74, 6) is 0.935. The summed E-state index contributed by atoms with van der Waals surface area (Å²) in [6.07, 6.45) is 2.26. The first kappa shape index (κ1) is 12.9. The molecule has 0 aromatic heterocycles. The van der Waals surface area contributed by atoms with Gasteiger partial charge in [0.05, 0.1) is 12.6 Å². The van der Waals surface area contributed by atoms with Gasteiger partial charge in [0.25, 0.3) is 0 Å². The molecule has 2 atom stereocenters. The molecule has 1 aliphatic rings. The van der Waals surface area contributed by atoms with Gasteiger partial charge in [-0.25, -0.2) is 0 Å². The summed E-state index contributed by atoms with van der Waals surface area (Å²) in [6.45, 7) is 2.80. The first-order chi connectivity index (χ1) is 8.70. The lowest BCUT2D eigenvalue weighted by Gasteiger charge is -2.29. The summed E-state index contributed by atoms with van der Waals surface area (Å²) >= 11 is 0. The van der Waals surface area contributed by atoms with E-state index in [1.807, 2.05) is 24.3 Å². The standard InChI is InChI=1S/C14H20N2O2/c1-2-9-18-11-5-3-10(4-6-11)14-12(15)7-8-13(17)16-14/h3-6,12,14H,2,7-9,15H2,1H3,(H,16,17). The van der Waals surface area contributed by atoms with Crippen LogP contribution in [0.2, 0.25) is 0 Å². The molecule has 0 spiro atoms. The normalized spacial score (nSPS) is 23.6. The lowest BCUT2D eigenvalue weighted by atomic mass is 9.93. The van der Waals surface area contributed by atoms with Gasteiger partial charge in [0.15, 0.2) is 0 Å². The summed E-state index contributed by atoms with van der Waals surface area (Å²) in [4.78, 5) is 11.4. The maximum absolute atomic E-state index is 11.4. The van der Waals surface area contributed by atoms with E-state index in [0.717, 1.165) is 30.8 Å². The van der Waals surface area contributed by atoms with Crippen LogP contribution in [0.5, 0.6) is 5.75 Å². The zero-order valence-corrected chi connectivity index (χ0v) is 10.7. The van der Waals surface area contributed by atoms with Crippen molar-refractivity contribution < 1.29 is 9.53 Å². The van der Waals surface area contributed by atoms with Crippen molar-refractivity contribution >= 4 is 5.91 Å². The Labute approximate surface area is 108 Å². The van der Waals surface area contributed by atoms with Gasteiger partial charge in [0.1, 0.15) is 5.75 Å². The summed E-state index contributed by atoms with van der Waals surface area (Å²) in [5, 5.41) is 2.94. The van der Waals surface area contributed by atoms with Gasteiger partial charge in [-0.3, -0.25) is 4.79 Å². The van der Waals surface area contributed by atoms with Crippen molar-refractivity contribution in [3.8, 4) is 5.75 Å². The number of carbonyl (C=O) groups excluding carboxylic acids is 1. The van der Waals surface area contributed by atoms with Crippen LogP contribution in [0.15, 0.2) is 24.3 Å². The van der Waals surface area contributed by atoms with Crippen LogP contribution >= 0.6 is 0 Å². The number of ether oxygens (including phenoxy) is 1. The quantitative estimate of drug-likeness (QED) is 0.853. The van der Waals surface area contributed by atoms with E-state index in [-0.39, 0.29) is 18.0 Å². The highest BCUT2D eigenvalue weighted by Gasteiger charge is 2.26. The lowest BCUT2D eigenvalue weighted by Crippen LogP contribution is -2.45. The molecule has 0 aliphatic carbocycles. The van der Waals surface area contributed by atoms with E-state index in [9.17, 15) is 4.79 Å². The number of amides is 1. The third kappa shape index (κ3) is 3.01. The van der Waals surface area contributed by atoms with Crippen LogP contribution in [0, 0.1) is 0 Å². The fraction of sp³-hybridized carbons (Fsp3) is 0.500. The SMILES string of the molecule is CCCOc1ccc(C2NC(=O)CCC2N)cc1. The Bertz CT molecular complexity index is 403. The van der Waals surface area contributed by atoms with Gasteiger partial charge in [-0.1, -0.05) is 19.1 Å². The maximum atomic E-state index is 11.4. The number of benzene rings is 1. The predicted molar refractivity (Wildman–Crippen MR) is 70.3 cm³/mol. The Hall–Kier alpha value is -1.55. The molecule has 1 aliphatic heterocycles. The molecule has 4 heteroatoms. The topological polar surface area (TPSA) is 64.3 Å². The van der Waals surface area contributed by atoms with Crippen LogP contribution in [0.4, 0.5) is 0 Å². The van der Waals surface area contributed by atoms with E-state index in [0.29, 0.717) is 6.42 Å². The molecule has 4 nitrogen and oxygen atoms in total. The van der Waals surface area contributed by atoms with Crippen molar-refractivity contribution in [3.05, 3.63) is 29.8 Å². The van der Waals surface area contributed by atoms with Gasteiger partial charge in [0.2, 0.25) is 5.91 Å². The summed E-state index contributed by atoms with van der Waals surface area (Å²) in [6, 6.07) is 7.72. The molecule has 0 bridgehead atoms. The van der Waals surface area contributed by atoms with Gasteiger partial charge >= 0.3 is 0 Å². The third-order valence-corrected chi connectivity index (χ3v) is 3.16. The average Bonchev–Trinajstić information content (AvgIpc) is 2.40. The number of carbonyl (C=O) groups is 1.